The Kier molecular flexibility index (Phi) is 3.38. The summed E-state index contributed by atoms with van der Waals surface area (Å²) >= 11 is 5.93. The average molecular weight is 253 g/mol. The molecule has 3 nitrogen and oxygen atoms in total. The van der Waals surface area contributed by atoms with E-state index in [0.29, 0.717) is 22.7 Å². The number of aromatic nitrogens is 1. The Morgan fingerprint density at radius 3 is 2.71 bits per heavy atom. The predicted octanol–water partition coefficient (Wildman–Crippen LogP) is 3.17. The van der Waals surface area contributed by atoms with Crippen molar-refractivity contribution < 1.29 is 4.79 Å². The molecule has 0 radical (unpaired) electrons. The number of hydrogen-bond acceptors (Lipinski definition) is 3. The van der Waals surface area contributed by atoms with E-state index >= 15 is 0 Å². The van der Waals surface area contributed by atoms with Crippen molar-refractivity contribution in [2.45, 2.75) is 33.2 Å². The Morgan fingerprint density at radius 1 is 1.47 bits per heavy atom. The number of rotatable bonds is 2. The van der Waals surface area contributed by atoms with Gasteiger partial charge in [-0.25, -0.2) is 4.98 Å². The molecule has 2 rings (SSSR count). The molecule has 1 aliphatic rings. The van der Waals surface area contributed by atoms with Gasteiger partial charge in [0.25, 0.3) is 0 Å². The number of pyridine rings is 1. The SMILES string of the molecule is CC(=O)c1ccc(Cl)nc1N1C[C@H](C)C[C@@H]1C. The standard InChI is InChI=1S/C13H17ClN2O/c1-8-6-9(2)16(7-8)13-11(10(3)17)4-5-12(14)15-13/h4-5,8-9H,6-7H2,1-3H3/t8-,9+/m1/s1. The average Bonchev–Trinajstić information content (AvgIpc) is 2.57. The van der Waals surface area contributed by atoms with Crippen LogP contribution < -0.4 is 4.90 Å². The maximum Gasteiger partial charge on any atom is 0.163 e. The zero-order valence-corrected chi connectivity index (χ0v) is 11.2. The molecule has 2 heterocycles. The number of carbonyl (C=O) groups is 1. The second-order valence-corrected chi connectivity index (χ2v) is 5.29. The Labute approximate surface area is 107 Å². The number of Topliss-reactive ketones (excluding diaryl/α,β-unsaturated/α-hetero) is 1. The molecule has 4 heteroatoms. The molecule has 1 aromatic rings. The molecule has 1 aromatic heterocycles. The number of halogens is 1. The highest BCUT2D eigenvalue weighted by Gasteiger charge is 2.29. The molecule has 0 saturated carbocycles. The second-order valence-electron chi connectivity index (χ2n) is 4.90. The minimum absolute atomic E-state index is 0.0379. The summed E-state index contributed by atoms with van der Waals surface area (Å²) in [7, 11) is 0. The van der Waals surface area contributed by atoms with Gasteiger partial charge in [0.2, 0.25) is 0 Å². The van der Waals surface area contributed by atoms with Crippen molar-refractivity contribution in [3.05, 3.63) is 22.8 Å². The summed E-state index contributed by atoms with van der Waals surface area (Å²) in [4.78, 5) is 18.1. The Balaban J connectivity index is 2.43. The minimum atomic E-state index is 0.0379. The summed E-state index contributed by atoms with van der Waals surface area (Å²) in [5.74, 6) is 1.41. The molecule has 0 bridgehead atoms. The number of anilines is 1. The van der Waals surface area contributed by atoms with Gasteiger partial charge in [0, 0.05) is 12.6 Å². The first-order valence-corrected chi connectivity index (χ1v) is 6.31. The first-order valence-electron chi connectivity index (χ1n) is 5.93. The molecule has 92 valence electrons. The van der Waals surface area contributed by atoms with E-state index in [2.05, 4.69) is 23.7 Å². The predicted molar refractivity (Wildman–Crippen MR) is 69.8 cm³/mol. The van der Waals surface area contributed by atoms with Gasteiger partial charge in [0.1, 0.15) is 11.0 Å². The number of nitrogens with zero attached hydrogens (tertiary/aromatic N) is 2. The molecule has 1 aliphatic heterocycles. The molecule has 0 spiro atoms. The minimum Gasteiger partial charge on any atom is -0.353 e. The van der Waals surface area contributed by atoms with Gasteiger partial charge in [-0.1, -0.05) is 18.5 Å². The lowest BCUT2D eigenvalue weighted by Gasteiger charge is -2.24. The third-order valence-corrected chi connectivity index (χ3v) is 3.49. The van der Waals surface area contributed by atoms with Crippen LogP contribution in [0.15, 0.2) is 12.1 Å². The smallest absolute Gasteiger partial charge is 0.163 e. The van der Waals surface area contributed by atoms with Crippen LogP contribution in [0, 0.1) is 5.92 Å². The fourth-order valence-electron chi connectivity index (χ4n) is 2.51. The fraction of sp³-hybridized carbons (Fsp3) is 0.538. The van der Waals surface area contributed by atoms with Crippen LogP contribution in [0.5, 0.6) is 0 Å². The zero-order chi connectivity index (χ0) is 12.6. The van der Waals surface area contributed by atoms with Gasteiger partial charge in [-0.15, -0.1) is 0 Å². The lowest BCUT2D eigenvalue weighted by Crippen LogP contribution is -2.29. The molecule has 1 saturated heterocycles. The van der Waals surface area contributed by atoms with Crippen molar-refractivity contribution in [2.24, 2.45) is 5.92 Å². The van der Waals surface area contributed by atoms with E-state index in [-0.39, 0.29) is 5.78 Å². The topological polar surface area (TPSA) is 33.2 Å². The van der Waals surface area contributed by atoms with Crippen LogP contribution in [-0.4, -0.2) is 23.4 Å². The normalized spacial score (nSPS) is 24.1. The first kappa shape index (κ1) is 12.4. The molecular formula is C13H17ClN2O. The van der Waals surface area contributed by atoms with Gasteiger partial charge in [-0.05, 0) is 38.3 Å². The Morgan fingerprint density at radius 2 is 2.18 bits per heavy atom. The highest BCUT2D eigenvalue weighted by Crippen LogP contribution is 2.30. The van der Waals surface area contributed by atoms with Crippen molar-refractivity contribution in [3.8, 4) is 0 Å². The molecule has 1 fully saturated rings. The second kappa shape index (κ2) is 4.65. The molecule has 0 unspecified atom stereocenters. The van der Waals surface area contributed by atoms with Crippen LogP contribution in [0.1, 0.15) is 37.6 Å². The van der Waals surface area contributed by atoms with Gasteiger partial charge in [0.15, 0.2) is 5.78 Å². The molecule has 0 aliphatic carbocycles. The first-order chi connectivity index (χ1) is 7.99. The summed E-state index contributed by atoms with van der Waals surface area (Å²) in [5.41, 5.74) is 0.662. The van der Waals surface area contributed by atoms with Gasteiger partial charge in [0.05, 0.1) is 5.56 Å². The third-order valence-electron chi connectivity index (χ3n) is 3.28. The maximum absolute atomic E-state index is 11.6. The van der Waals surface area contributed by atoms with Crippen LogP contribution in [0.25, 0.3) is 0 Å². The van der Waals surface area contributed by atoms with Crippen LogP contribution in [-0.2, 0) is 0 Å². The zero-order valence-electron chi connectivity index (χ0n) is 10.4. The largest absolute Gasteiger partial charge is 0.353 e. The van der Waals surface area contributed by atoms with E-state index in [0.717, 1.165) is 18.8 Å². The van der Waals surface area contributed by atoms with E-state index < -0.39 is 0 Å². The fourth-order valence-corrected chi connectivity index (χ4v) is 2.66. The lowest BCUT2D eigenvalue weighted by molar-refractivity contribution is 0.101. The Hall–Kier alpha value is -1.09. The van der Waals surface area contributed by atoms with E-state index in [1.807, 2.05) is 0 Å². The molecule has 0 amide bonds. The number of carbonyl (C=O) groups excluding carboxylic acids is 1. The van der Waals surface area contributed by atoms with E-state index in [1.165, 1.54) is 0 Å². The van der Waals surface area contributed by atoms with E-state index in [9.17, 15) is 4.79 Å². The monoisotopic (exact) mass is 252 g/mol. The van der Waals surface area contributed by atoms with Gasteiger partial charge < -0.3 is 4.90 Å². The Bertz CT molecular complexity index is 447. The van der Waals surface area contributed by atoms with Gasteiger partial charge in [-0.2, -0.15) is 0 Å². The number of ketones is 1. The molecule has 0 aromatic carbocycles. The summed E-state index contributed by atoms with van der Waals surface area (Å²) in [5, 5.41) is 0.441. The molecule has 0 N–H and O–H groups in total. The van der Waals surface area contributed by atoms with Crippen molar-refractivity contribution in [3.63, 3.8) is 0 Å². The maximum atomic E-state index is 11.6. The molecular weight excluding hydrogens is 236 g/mol. The van der Waals surface area contributed by atoms with E-state index in [4.69, 9.17) is 11.6 Å². The van der Waals surface area contributed by atoms with Crippen LogP contribution in [0.4, 0.5) is 5.82 Å². The molecule has 17 heavy (non-hydrogen) atoms. The van der Waals surface area contributed by atoms with Crippen LogP contribution in [0.2, 0.25) is 5.15 Å². The van der Waals surface area contributed by atoms with Gasteiger partial charge >= 0.3 is 0 Å². The summed E-state index contributed by atoms with van der Waals surface area (Å²) in [6, 6.07) is 3.85. The van der Waals surface area contributed by atoms with Crippen LogP contribution in [0.3, 0.4) is 0 Å². The van der Waals surface area contributed by atoms with Gasteiger partial charge in [-0.3, -0.25) is 4.79 Å². The summed E-state index contributed by atoms with van der Waals surface area (Å²) < 4.78 is 0. The quantitative estimate of drug-likeness (QED) is 0.599. The van der Waals surface area contributed by atoms with Crippen molar-refractivity contribution >= 4 is 23.2 Å². The highest BCUT2D eigenvalue weighted by molar-refractivity contribution is 6.29. The van der Waals surface area contributed by atoms with E-state index in [1.54, 1.807) is 19.1 Å². The van der Waals surface area contributed by atoms with Crippen molar-refractivity contribution in [1.29, 1.82) is 0 Å². The van der Waals surface area contributed by atoms with Crippen LogP contribution >= 0.6 is 11.6 Å². The third kappa shape index (κ3) is 2.44. The highest BCUT2D eigenvalue weighted by atomic mass is 35.5. The van der Waals surface area contributed by atoms with Crippen molar-refractivity contribution in [1.82, 2.24) is 4.98 Å². The number of hydrogen-bond donors (Lipinski definition) is 0. The summed E-state index contributed by atoms with van der Waals surface area (Å²) in [6.45, 7) is 6.89. The van der Waals surface area contributed by atoms with Crippen molar-refractivity contribution in [2.75, 3.05) is 11.4 Å². The summed E-state index contributed by atoms with van der Waals surface area (Å²) in [6.07, 6.45) is 1.13. The molecule has 2 atom stereocenters. The lowest BCUT2D eigenvalue weighted by atomic mass is 10.1.